The highest BCUT2D eigenvalue weighted by Gasteiger charge is 1.27. The molecule has 0 spiro atoms. The molecular weight excluding hydrogens is 96.0 g/mol. The molecule has 0 N–H and O–H groups in total. The van der Waals surface area contributed by atoms with Crippen LogP contribution in [-0.2, 0) is 11.8 Å². The summed E-state index contributed by atoms with van der Waals surface area (Å²) in [6, 6.07) is 0. The number of rotatable bonds is 0. The molecule has 0 rings (SSSR count). The van der Waals surface area contributed by atoms with Gasteiger partial charge in [0.1, 0.15) is 0 Å². The second kappa shape index (κ2) is 3.25. The van der Waals surface area contributed by atoms with Gasteiger partial charge in [-0.1, -0.05) is 9.45 Å². The van der Waals surface area contributed by atoms with E-state index in [1.807, 2.05) is 0 Å². The SMILES string of the molecule is FN=[PH]=S. The molecule has 24 valence electrons. The predicted octanol–water partition coefficient (Wildman–Crippen LogP) is 1.19. The van der Waals surface area contributed by atoms with Crippen molar-refractivity contribution in [2.75, 3.05) is 0 Å². The van der Waals surface area contributed by atoms with Crippen molar-refractivity contribution in [3.05, 3.63) is 0 Å². The molecule has 4 heavy (non-hydrogen) atoms. The average molecular weight is 97.1 g/mol. The van der Waals surface area contributed by atoms with Crippen molar-refractivity contribution in [2.45, 2.75) is 0 Å². The van der Waals surface area contributed by atoms with Crippen LogP contribution in [0.3, 0.4) is 0 Å². The highest BCUT2D eigenvalue weighted by Crippen LogP contribution is 1.76. The Morgan fingerprint density at radius 2 is 2.25 bits per heavy atom. The van der Waals surface area contributed by atoms with Crippen LogP contribution in [0.5, 0.6) is 0 Å². The van der Waals surface area contributed by atoms with Crippen LogP contribution in [-0.4, -0.2) is 0 Å². The Hall–Kier alpha value is 0.250. The van der Waals surface area contributed by atoms with Crippen molar-refractivity contribution in [1.29, 1.82) is 0 Å². The van der Waals surface area contributed by atoms with E-state index in [0.717, 1.165) is 0 Å². The molecular formula is HFNPS. The molecule has 0 fully saturated rings. The van der Waals surface area contributed by atoms with Crippen LogP contribution < -0.4 is 0 Å². The van der Waals surface area contributed by atoms with E-state index in [1.54, 1.807) is 0 Å². The minimum Gasteiger partial charge on any atom is -0.0711 e. The lowest BCUT2D eigenvalue weighted by Crippen LogP contribution is -0.942. The quantitative estimate of drug-likeness (QED) is 0.413. The van der Waals surface area contributed by atoms with Crippen LogP contribution in [0.1, 0.15) is 0 Å². The summed E-state index contributed by atoms with van der Waals surface area (Å²) in [5, 5.41) is 0. The van der Waals surface area contributed by atoms with Gasteiger partial charge in [-0.15, -0.1) is 0 Å². The van der Waals surface area contributed by atoms with E-state index in [1.165, 1.54) is 0 Å². The van der Waals surface area contributed by atoms with E-state index in [0.29, 0.717) is 0 Å². The maximum absolute atomic E-state index is 10.3. The van der Waals surface area contributed by atoms with Gasteiger partial charge in [0.2, 0.25) is 0 Å². The van der Waals surface area contributed by atoms with Crippen molar-refractivity contribution in [2.24, 2.45) is 4.97 Å². The molecule has 4 heteroatoms. The van der Waals surface area contributed by atoms with E-state index in [4.69, 9.17) is 0 Å². The molecule has 0 aliphatic rings. The van der Waals surface area contributed by atoms with Gasteiger partial charge in [0.25, 0.3) is 0 Å². The molecule has 1 atom stereocenters. The first-order valence-electron chi connectivity index (χ1n) is 0.597. The zero-order chi connectivity index (χ0) is 3.41. The molecule has 0 bridgehead atoms. The lowest BCUT2D eigenvalue weighted by molar-refractivity contribution is 0.552. The Morgan fingerprint density at radius 3 is 2.25 bits per heavy atom. The summed E-state index contributed by atoms with van der Waals surface area (Å²) in [6.07, 6.45) is 0. The van der Waals surface area contributed by atoms with Crippen LogP contribution in [0.15, 0.2) is 4.97 Å². The van der Waals surface area contributed by atoms with Crippen LogP contribution in [0.2, 0.25) is 0 Å². The smallest absolute Gasteiger partial charge is 0.0591 e. The molecule has 0 aromatic heterocycles. The molecule has 0 saturated carbocycles. The average Bonchev–Trinajstić information content (AvgIpc) is 1.37. The van der Waals surface area contributed by atoms with Gasteiger partial charge in [-0.3, -0.25) is 0 Å². The lowest BCUT2D eigenvalue weighted by atomic mass is 13.8. The van der Waals surface area contributed by atoms with Crippen molar-refractivity contribution in [3.8, 4) is 0 Å². The maximum Gasteiger partial charge on any atom is 0.0591 e. The van der Waals surface area contributed by atoms with Crippen molar-refractivity contribution in [1.82, 2.24) is 0 Å². The Bertz CT molecular complexity index is 46.0. The first-order valence-corrected chi connectivity index (χ1v) is 2.68. The molecule has 0 saturated heterocycles. The molecule has 0 radical (unpaired) electrons. The zero-order valence-electron chi connectivity index (χ0n) is 1.73. The first kappa shape index (κ1) is 4.25. The lowest BCUT2D eigenvalue weighted by Gasteiger charge is -1.34. The molecule has 0 aromatic rings. The van der Waals surface area contributed by atoms with Gasteiger partial charge < -0.3 is 0 Å². The summed E-state index contributed by atoms with van der Waals surface area (Å²) in [5.41, 5.74) is 0. The Kier molecular flexibility index (Phi) is 3.45. The van der Waals surface area contributed by atoms with Crippen molar-refractivity contribution < 1.29 is 4.48 Å². The summed E-state index contributed by atoms with van der Waals surface area (Å²) in [4.78, 5) is 2.08. The van der Waals surface area contributed by atoms with Crippen LogP contribution in [0.4, 0.5) is 4.48 Å². The first-order chi connectivity index (χ1) is 1.91. The van der Waals surface area contributed by atoms with E-state index < -0.39 is 0 Å². The van der Waals surface area contributed by atoms with Crippen LogP contribution in [0, 0.1) is 0 Å². The normalized spacial score (nSPS) is 7.25. The molecule has 1 nitrogen and oxygen atoms in total. The largest absolute Gasteiger partial charge is 0.0711 e. The van der Waals surface area contributed by atoms with Crippen LogP contribution in [0.25, 0.3) is 0 Å². The fourth-order valence-corrected chi connectivity index (χ4v) is 0. The second-order valence-electron chi connectivity index (χ2n) is 0.176. The summed E-state index contributed by atoms with van der Waals surface area (Å²) < 4.78 is 10.3. The Labute approximate surface area is 29.3 Å². The number of hydrogen-bond acceptors (Lipinski definition) is 2. The molecule has 1 unspecified atom stereocenters. The minimum atomic E-state index is -0.318. The van der Waals surface area contributed by atoms with Gasteiger partial charge in [-0.05, 0) is 11.8 Å². The highest BCUT2D eigenvalue weighted by atomic mass is 32.4. The third-order valence-corrected chi connectivity index (χ3v) is 0.311. The monoisotopic (exact) mass is 97.0 g/mol. The van der Waals surface area contributed by atoms with Gasteiger partial charge in [0.15, 0.2) is 0 Å². The zero-order valence-corrected chi connectivity index (χ0v) is 3.55. The summed E-state index contributed by atoms with van der Waals surface area (Å²) >= 11 is 4.04. The van der Waals surface area contributed by atoms with Gasteiger partial charge >= 0.3 is 0 Å². The highest BCUT2D eigenvalue weighted by molar-refractivity contribution is 7.92. The van der Waals surface area contributed by atoms with E-state index in [9.17, 15) is 4.48 Å². The molecule has 0 amide bonds. The van der Waals surface area contributed by atoms with Crippen molar-refractivity contribution >= 4 is 19.0 Å². The molecule has 0 aliphatic heterocycles. The van der Waals surface area contributed by atoms with E-state index in [-0.39, 0.29) is 7.15 Å². The molecule has 0 aliphatic carbocycles. The van der Waals surface area contributed by atoms with Gasteiger partial charge in [-0.25, -0.2) is 0 Å². The fourth-order valence-electron chi connectivity index (χ4n) is 0. The number of nitrogens with zero attached hydrogens (tertiary/aromatic N) is 1. The van der Waals surface area contributed by atoms with Gasteiger partial charge in [-0.2, -0.15) is 0 Å². The third-order valence-electron chi connectivity index (χ3n) is 0.0345. The van der Waals surface area contributed by atoms with E-state index in [2.05, 4.69) is 16.8 Å². The second-order valence-corrected chi connectivity index (χ2v) is 1.08. The Morgan fingerprint density at radius 1 is 2.00 bits per heavy atom. The van der Waals surface area contributed by atoms with E-state index >= 15 is 0 Å². The number of hydrogen-bond donors (Lipinski definition) is 0. The maximum atomic E-state index is 10.3. The van der Waals surface area contributed by atoms with Gasteiger partial charge in [0, 0.05) is 0 Å². The van der Waals surface area contributed by atoms with Crippen molar-refractivity contribution in [3.63, 3.8) is 0 Å². The molecule has 0 aromatic carbocycles. The number of halogens is 1. The summed E-state index contributed by atoms with van der Waals surface area (Å²) in [5.74, 6) is 0. The third kappa shape index (κ3) is 2.25. The molecule has 0 heterocycles. The Balaban J connectivity index is 3.11. The van der Waals surface area contributed by atoms with Crippen LogP contribution >= 0.6 is 7.15 Å². The summed E-state index contributed by atoms with van der Waals surface area (Å²) in [6.45, 7) is 0. The standard InChI is InChI=1S/FHNPS/c1-2-3-4/h3H. The predicted molar refractivity (Wildman–Crippen MR) is 19.2 cm³/mol. The topological polar surface area (TPSA) is 12.4 Å². The van der Waals surface area contributed by atoms with Gasteiger partial charge in [0.05, 0.1) is 7.15 Å². The minimum absolute atomic E-state index is 0.318. The summed E-state index contributed by atoms with van der Waals surface area (Å²) in [7, 11) is -0.318. The fraction of sp³-hybridized carbons (Fsp3) is 0.